The van der Waals surface area contributed by atoms with E-state index >= 15 is 0 Å². The maximum atomic E-state index is 2.40. The van der Waals surface area contributed by atoms with Gasteiger partial charge in [-0.2, -0.15) is 0 Å². The van der Waals surface area contributed by atoms with Crippen LogP contribution in [0.25, 0.3) is 44.5 Å². The molecule has 0 aromatic heterocycles. The minimum atomic E-state index is 0.271. The fourth-order valence-electron chi connectivity index (χ4n) is 7.72. The number of rotatable bonds is 3. The lowest BCUT2D eigenvalue weighted by atomic mass is 9.81. The molecule has 0 saturated heterocycles. The van der Waals surface area contributed by atoms with Gasteiger partial charge in [-0.1, -0.05) is 133 Å². The zero-order valence-corrected chi connectivity index (χ0v) is 22.8. The molecule has 1 atom stereocenters. The Labute approximate surface area is 241 Å². The van der Waals surface area contributed by atoms with E-state index in [4.69, 9.17) is 0 Å². The number of allylic oxidation sites excluding steroid dienone is 2. The summed E-state index contributed by atoms with van der Waals surface area (Å²) in [4.78, 5) is 0. The largest absolute Gasteiger partial charge is 0.0622 e. The van der Waals surface area contributed by atoms with E-state index in [0.717, 1.165) is 12.8 Å². The van der Waals surface area contributed by atoms with Crippen molar-refractivity contribution in [3.63, 3.8) is 0 Å². The summed E-state index contributed by atoms with van der Waals surface area (Å²) < 4.78 is 0. The highest BCUT2D eigenvalue weighted by atomic mass is 14.4. The van der Waals surface area contributed by atoms with Gasteiger partial charge in [-0.15, -0.1) is 0 Å². The lowest BCUT2D eigenvalue weighted by Crippen LogP contribution is -2.04. The molecule has 0 bridgehead atoms. The zero-order chi connectivity index (χ0) is 26.9. The third kappa shape index (κ3) is 3.34. The van der Waals surface area contributed by atoms with Crippen molar-refractivity contribution in [3.8, 4) is 33.4 Å². The van der Waals surface area contributed by atoms with Gasteiger partial charge < -0.3 is 0 Å². The topological polar surface area (TPSA) is 0 Å². The fourth-order valence-corrected chi connectivity index (χ4v) is 7.72. The SMILES string of the molecule is c1ccc(-c2ccc3c(c2)-c2cccc(-c4cccc5c4C4=C(C5)c5ccccc5C4c4ccccc4)c2C3)cc1. The predicted molar refractivity (Wildman–Crippen MR) is 171 cm³/mol. The van der Waals surface area contributed by atoms with E-state index in [1.165, 1.54) is 83.5 Å². The van der Waals surface area contributed by atoms with Gasteiger partial charge in [0.15, 0.2) is 0 Å². The Morgan fingerprint density at radius 3 is 1.98 bits per heavy atom. The summed E-state index contributed by atoms with van der Waals surface area (Å²) in [6.45, 7) is 0. The molecule has 0 aliphatic heterocycles. The molecule has 1 unspecified atom stereocenters. The van der Waals surface area contributed by atoms with E-state index in [1.54, 1.807) is 0 Å². The van der Waals surface area contributed by atoms with Crippen molar-refractivity contribution in [2.45, 2.75) is 18.8 Å². The van der Waals surface area contributed by atoms with E-state index in [-0.39, 0.29) is 5.92 Å². The van der Waals surface area contributed by atoms with Crippen molar-refractivity contribution in [1.82, 2.24) is 0 Å². The highest BCUT2D eigenvalue weighted by Crippen LogP contribution is 2.57. The van der Waals surface area contributed by atoms with Crippen molar-refractivity contribution in [2.75, 3.05) is 0 Å². The Balaban J connectivity index is 1.22. The standard InChI is InChI=1S/C41H28/c1-3-11-26(12-4-1)28-21-22-29-24-37-31(18-10-19-33(37)36(29)23-28)35-20-9-15-30-25-38-32-16-7-8-17-34(32)39(41(38)40(30)35)27-13-5-2-6-14-27/h1-23,39H,24-25H2. The smallest absolute Gasteiger partial charge is 0.0355 e. The summed E-state index contributed by atoms with van der Waals surface area (Å²) in [5, 5.41) is 0. The molecule has 6 aromatic rings. The first kappa shape index (κ1) is 22.8. The average Bonchev–Trinajstić information content (AvgIpc) is 3.70. The second kappa shape index (κ2) is 8.78. The summed E-state index contributed by atoms with van der Waals surface area (Å²) in [7, 11) is 0. The Morgan fingerprint density at radius 2 is 1.12 bits per heavy atom. The molecule has 0 amide bonds. The molecule has 0 N–H and O–H groups in total. The number of hydrogen-bond donors (Lipinski definition) is 0. The first-order valence-electron chi connectivity index (χ1n) is 14.7. The maximum Gasteiger partial charge on any atom is 0.0355 e. The van der Waals surface area contributed by atoms with Gasteiger partial charge in [0, 0.05) is 5.92 Å². The molecular formula is C41H28. The quantitative estimate of drug-likeness (QED) is 0.217. The van der Waals surface area contributed by atoms with E-state index in [1.807, 2.05) is 0 Å². The summed E-state index contributed by atoms with van der Waals surface area (Å²) >= 11 is 0. The van der Waals surface area contributed by atoms with Crippen LogP contribution in [0, 0.1) is 0 Å². The highest BCUT2D eigenvalue weighted by molar-refractivity contribution is 6.09. The molecule has 3 aliphatic carbocycles. The monoisotopic (exact) mass is 520 g/mol. The van der Waals surface area contributed by atoms with Crippen LogP contribution in [0.2, 0.25) is 0 Å². The molecule has 41 heavy (non-hydrogen) atoms. The van der Waals surface area contributed by atoms with Crippen LogP contribution in [0.15, 0.2) is 140 Å². The zero-order valence-electron chi connectivity index (χ0n) is 22.8. The second-order valence-corrected chi connectivity index (χ2v) is 11.6. The maximum absolute atomic E-state index is 2.40. The normalized spacial score (nSPS) is 15.8. The van der Waals surface area contributed by atoms with Gasteiger partial charge in [-0.05, 0) is 102 Å². The Kier molecular flexibility index (Phi) is 4.89. The van der Waals surface area contributed by atoms with Gasteiger partial charge in [0.05, 0.1) is 0 Å². The van der Waals surface area contributed by atoms with Gasteiger partial charge >= 0.3 is 0 Å². The van der Waals surface area contributed by atoms with Gasteiger partial charge in [0.1, 0.15) is 0 Å². The van der Waals surface area contributed by atoms with Crippen LogP contribution in [-0.2, 0) is 12.8 Å². The summed E-state index contributed by atoms with van der Waals surface area (Å²) in [6, 6.07) is 51.9. The fraction of sp³-hybridized carbons (Fsp3) is 0.0732. The number of fused-ring (bicyclic) bond motifs is 7. The molecule has 9 rings (SSSR count). The third-order valence-corrected chi connectivity index (χ3v) is 9.47. The summed E-state index contributed by atoms with van der Waals surface area (Å²) in [5.74, 6) is 0.271. The second-order valence-electron chi connectivity index (χ2n) is 11.6. The minimum absolute atomic E-state index is 0.271. The lowest BCUT2D eigenvalue weighted by Gasteiger charge is -2.22. The molecule has 0 fully saturated rings. The van der Waals surface area contributed by atoms with E-state index in [9.17, 15) is 0 Å². The molecule has 0 spiro atoms. The van der Waals surface area contributed by atoms with E-state index in [0.29, 0.717) is 0 Å². The summed E-state index contributed by atoms with van der Waals surface area (Å²) in [6.07, 6.45) is 1.99. The van der Waals surface area contributed by atoms with Crippen LogP contribution in [0.4, 0.5) is 0 Å². The molecule has 0 nitrogen and oxygen atoms in total. The van der Waals surface area contributed by atoms with Gasteiger partial charge in [-0.25, -0.2) is 0 Å². The third-order valence-electron chi connectivity index (χ3n) is 9.47. The molecule has 3 aliphatic rings. The molecule has 0 heterocycles. The van der Waals surface area contributed by atoms with Crippen molar-refractivity contribution in [3.05, 3.63) is 178 Å². The summed E-state index contributed by atoms with van der Waals surface area (Å²) in [5.41, 5.74) is 21.2. The van der Waals surface area contributed by atoms with E-state index < -0.39 is 0 Å². The van der Waals surface area contributed by atoms with E-state index in [2.05, 4.69) is 140 Å². The number of benzene rings is 6. The van der Waals surface area contributed by atoms with Gasteiger partial charge in [0.25, 0.3) is 0 Å². The molecule has 6 aromatic carbocycles. The number of hydrogen-bond acceptors (Lipinski definition) is 0. The Morgan fingerprint density at radius 1 is 0.439 bits per heavy atom. The first-order chi connectivity index (χ1) is 20.3. The Hall–Kier alpha value is -4.94. The van der Waals surface area contributed by atoms with Crippen molar-refractivity contribution in [1.29, 1.82) is 0 Å². The molecule has 0 heteroatoms. The molecule has 192 valence electrons. The van der Waals surface area contributed by atoms with Gasteiger partial charge in [-0.3, -0.25) is 0 Å². The minimum Gasteiger partial charge on any atom is -0.0622 e. The predicted octanol–water partition coefficient (Wildman–Crippen LogP) is 10.2. The van der Waals surface area contributed by atoms with Crippen LogP contribution in [0.1, 0.15) is 44.9 Å². The van der Waals surface area contributed by atoms with Crippen LogP contribution < -0.4 is 0 Å². The lowest BCUT2D eigenvalue weighted by molar-refractivity contribution is 1.06. The van der Waals surface area contributed by atoms with Crippen LogP contribution in [0.5, 0.6) is 0 Å². The average molecular weight is 521 g/mol. The van der Waals surface area contributed by atoms with Gasteiger partial charge in [0.2, 0.25) is 0 Å². The van der Waals surface area contributed by atoms with Crippen molar-refractivity contribution in [2.24, 2.45) is 0 Å². The molecular weight excluding hydrogens is 492 g/mol. The van der Waals surface area contributed by atoms with Crippen molar-refractivity contribution >= 4 is 11.1 Å². The first-order valence-corrected chi connectivity index (χ1v) is 14.7. The van der Waals surface area contributed by atoms with Crippen molar-refractivity contribution < 1.29 is 0 Å². The molecule has 0 saturated carbocycles. The van der Waals surface area contributed by atoms with Crippen LogP contribution in [-0.4, -0.2) is 0 Å². The Bertz CT molecular complexity index is 2030. The highest BCUT2D eigenvalue weighted by Gasteiger charge is 2.39. The molecule has 0 radical (unpaired) electrons. The van der Waals surface area contributed by atoms with Crippen LogP contribution in [0.3, 0.4) is 0 Å². The van der Waals surface area contributed by atoms with Crippen LogP contribution >= 0.6 is 0 Å².